The van der Waals surface area contributed by atoms with Gasteiger partial charge in [0.05, 0.1) is 13.2 Å². The third-order valence-corrected chi connectivity index (χ3v) is 5.99. The van der Waals surface area contributed by atoms with Gasteiger partial charge in [-0.2, -0.15) is 0 Å². The van der Waals surface area contributed by atoms with Crippen LogP contribution in [-0.4, -0.2) is 54.3 Å². The first kappa shape index (κ1) is 21.8. The van der Waals surface area contributed by atoms with Gasteiger partial charge in [0.2, 0.25) is 0 Å². The molecule has 3 rings (SSSR count). The molecule has 0 aliphatic carbocycles. The minimum atomic E-state index is 0.799. The van der Waals surface area contributed by atoms with E-state index in [1.165, 1.54) is 22.3 Å². The normalized spacial score (nSPS) is 14.6. The number of hydrogen-bond donors (Lipinski definition) is 1. The maximum absolute atomic E-state index is 5.87. The fraction of sp³-hybridized carbons (Fsp3) is 0.458. The van der Waals surface area contributed by atoms with Gasteiger partial charge in [-0.05, 0) is 61.7 Å². The van der Waals surface area contributed by atoms with Crippen LogP contribution in [0.1, 0.15) is 28.7 Å². The van der Waals surface area contributed by atoms with Gasteiger partial charge in [0, 0.05) is 38.4 Å². The lowest BCUT2D eigenvalue weighted by molar-refractivity contribution is 0.0368. The Labute approximate surface area is 180 Å². The number of nitrogens with one attached hydrogen (secondary N) is 1. The van der Waals surface area contributed by atoms with Crippen LogP contribution in [0.4, 0.5) is 5.69 Å². The maximum atomic E-state index is 5.87. The fourth-order valence-corrected chi connectivity index (χ4v) is 4.01. The molecular weight excluding hydrogens is 378 g/mol. The molecule has 1 aliphatic heterocycles. The highest BCUT2D eigenvalue weighted by Gasteiger charge is 2.15. The van der Waals surface area contributed by atoms with Crippen LogP contribution >= 0.6 is 12.2 Å². The van der Waals surface area contributed by atoms with E-state index < -0.39 is 0 Å². The second-order valence-corrected chi connectivity index (χ2v) is 8.24. The molecule has 0 unspecified atom stereocenters. The van der Waals surface area contributed by atoms with Crippen molar-refractivity contribution in [3.05, 3.63) is 64.7 Å². The van der Waals surface area contributed by atoms with E-state index in [9.17, 15) is 0 Å². The Kier molecular flexibility index (Phi) is 8.04. The van der Waals surface area contributed by atoms with E-state index >= 15 is 0 Å². The van der Waals surface area contributed by atoms with Crippen molar-refractivity contribution in [2.45, 2.75) is 33.7 Å². The summed E-state index contributed by atoms with van der Waals surface area (Å²) in [5, 5.41) is 4.33. The van der Waals surface area contributed by atoms with Crippen LogP contribution in [0.5, 0.6) is 0 Å². The number of morpholine rings is 1. The summed E-state index contributed by atoms with van der Waals surface area (Å²) in [5.74, 6) is 0. The van der Waals surface area contributed by atoms with Gasteiger partial charge in [0.1, 0.15) is 0 Å². The third-order valence-electron chi connectivity index (χ3n) is 5.63. The number of anilines is 1. The number of para-hydroxylation sites is 1. The van der Waals surface area contributed by atoms with Crippen LogP contribution in [0, 0.1) is 20.8 Å². The fourth-order valence-electron chi connectivity index (χ4n) is 3.75. The second-order valence-electron chi connectivity index (χ2n) is 7.85. The summed E-state index contributed by atoms with van der Waals surface area (Å²) in [6.07, 6.45) is 1.08. The lowest BCUT2D eigenvalue weighted by atomic mass is 10.1. The molecule has 0 aromatic heterocycles. The molecule has 0 bridgehead atoms. The quantitative estimate of drug-likeness (QED) is 0.676. The summed E-state index contributed by atoms with van der Waals surface area (Å²) >= 11 is 5.87. The molecular formula is C24H33N3OS. The molecule has 4 nitrogen and oxygen atoms in total. The molecule has 1 N–H and O–H groups in total. The van der Waals surface area contributed by atoms with Gasteiger partial charge in [-0.1, -0.05) is 42.5 Å². The predicted octanol–water partition coefficient (Wildman–Crippen LogP) is 4.53. The van der Waals surface area contributed by atoms with E-state index in [2.05, 4.69) is 78.4 Å². The zero-order valence-electron chi connectivity index (χ0n) is 17.9. The van der Waals surface area contributed by atoms with Crippen LogP contribution in [0.15, 0.2) is 42.5 Å². The van der Waals surface area contributed by atoms with Gasteiger partial charge in [-0.3, -0.25) is 4.90 Å². The Hall–Kier alpha value is -1.95. The van der Waals surface area contributed by atoms with E-state index in [-0.39, 0.29) is 0 Å². The molecule has 1 fully saturated rings. The lowest BCUT2D eigenvalue weighted by Crippen LogP contribution is -2.40. The van der Waals surface area contributed by atoms with Crippen molar-refractivity contribution in [2.75, 3.05) is 44.7 Å². The molecule has 0 amide bonds. The van der Waals surface area contributed by atoms with Crippen molar-refractivity contribution >= 4 is 23.0 Å². The molecule has 2 aromatic carbocycles. The van der Waals surface area contributed by atoms with E-state index in [1.807, 2.05) is 0 Å². The Morgan fingerprint density at radius 3 is 2.34 bits per heavy atom. The van der Waals surface area contributed by atoms with Crippen molar-refractivity contribution in [3.8, 4) is 0 Å². The minimum Gasteiger partial charge on any atom is -0.379 e. The van der Waals surface area contributed by atoms with Crippen molar-refractivity contribution in [2.24, 2.45) is 0 Å². The molecule has 0 atom stereocenters. The summed E-state index contributed by atoms with van der Waals surface area (Å²) in [6, 6.07) is 14.9. The summed E-state index contributed by atoms with van der Waals surface area (Å²) in [4.78, 5) is 4.79. The smallest absolute Gasteiger partial charge is 0.173 e. The zero-order chi connectivity index (χ0) is 20.6. The highest BCUT2D eigenvalue weighted by molar-refractivity contribution is 7.80. The molecule has 156 valence electrons. The van der Waals surface area contributed by atoms with Crippen LogP contribution in [0.3, 0.4) is 0 Å². The minimum absolute atomic E-state index is 0.799. The molecule has 5 heteroatoms. The lowest BCUT2D eigenvalue weighted by Gasteiger charge is -2.30. The largest absolute Gasteiger partial charge is 0.379 e. The predicted molar refractivity (Wildman–Crippen MR) is 126 cm³/mol. The van der Waals surface area contributed by atoms with E-state index in [0.717, 1.165) is 63.2 Å². The van der Waals surface area contributed by atoms with Gasteiger partial charge in [0.15, 0.2) is 5.11 Å². The molecule has 29 heavy (non-hydrogen) atoms. The number of thiocarbonyl (C=S) groups is 1. The first-order valence-corrected chi connectivity index (χ1v) is 10.9. The second kappa shape index (κ2) is 10.7. The molecule has 2 aromatic rings. The first-order chi connectivity index (χ1) is 14.0. The van der Waals surface area contributed by atoms with Crippen molar-refractivity contribution in [1.29, 1.82) is 0 Å². The van der Waals surface area contributed by atoms with Crippen LogP contribution in [0.2, 0.25) is 0 Å². The number of hydrogen-bond acceptors (Lipinski definition) is 3. The van der Waals surface area contributed by atoms with Gasteiger partial charge < -0.3 is 15.0 Å². The molecule has 1 aliphatic rings. The monoisotopic (exact) mass is 411 g/mol. The Bertz CT molecular complexity index is 797. The summed E-state index contributed by atoms with van der Waals surface area (Å²) in [6.45, 7) is 13.0. The topological polar surface area (TPSA) is 27.7 Å². The number of aryl methyl sites for hydroxylation is 3. The van der Waals surface area contributed by atoms with Crippen LogP contribution < -0.4 is 5.32 Å². The van der Waals surface area contributed by atoms with Gasteiger partial charge >= 0.3 is 0 Å². The van der Waals surface area contributed by atoms with Crippen molar-refractivity contribution < 1.29 is 4.74 Å². The highest BCUT2D eigenvalue weighted by atomic mass is 32.1. The van der Waals surface area contributed by atoms with Gasteiger partial charge in [0.25, 0.3) is 0 Å². The van der Waals surface area contributed by atoms with Crippen LogP contribution in [0.25, 0.3) is 0 Å². The zero-order valence-corrected chi connectivity index (χ0v) is 18.7. The molecule has 1 heterocycles. The maximum Gasteiger partial charge on any atom is 0.173 e. The average molecular weight is 412 g/mol. The van der Waals surface area contributed by atoms with Gasteiger partial charge in [-0.25, -0.2) is 0 Å². The number of nitrogens with zero attached hydrogens (tertiary/aromatic N) is 2. The average Bonchev–Trinajstić information content (AvgIpc) is 2.72. The number of rotatable bonds is 7. The highest BCUT2D eigenvalue weighted by Crippen LogP contribution is 2.21. The Morgan fingerprint density at radius 1 is 1.00 bits per heavy atom. The molecule has 1 saturated heterocycles. The summed E-state index contributed by atoms with van der Waals surface area (Å²) in [7, 11) is 0. The SMILES string of the molecule is Cc1ccccc1CN(CCCN1CCOCC1)C(=S)Nc1c(C)cccc1C. The Morgan fingerprint density at radius 2 is 1.66 bits per heavy atom. The van der Waals surface area contributed by atoms with E-state index in [0.29, 0.717) is 0 Å². The van der Waals surface area contributed by atoms with Gasteiger partial charge in [-0.15, -0.1) is 0 Å². The van der Waals surface area contributed by atoms with Crippen molar-refractivity contribution in [3.63, 3.8) is 0 Å². The molecule has 0 radical (unpaired) electrons. The van der Waals surface area contributed by atoms with E-state index in [1.54, 1.807) is 0 Å². The number of ether oxygens (including phenoxy) is 1. The molecule has 0 saturated carbocycles. The standard InChI is InChI=1S/C24H33N3OS/c1-19-8-4-5-11-22(19)18-27(13-7-12-26-14-16-28-17-15-26)24(29)25-23-20(2)9-6-10-21(23)3/h4-6,8-11H,7,12-18H2,1-3H3,(H,25,29). The summed E-state index contributed by atoms with van der Waals surface area (Å²) < 4.78 is 5.46. The number of benzene rings is 2. The molecule has 0 spiro atoms. The van der Waals surface area contributed by atoms with Crippen molar-refractivity contribution in [1.82, 2.24) is 9.80 Å². The Balaban J connectivity index is 1.68. The first-order valence-electron chi connectivity index (χ1n) is 10.5. The summed E-state index contributed by atoms with van der Waals surface area (Å²) in [5.41, 5.74) is 6.19. The third kappa shape index (κ3) is 6.26. The van der Waals surface area contributed by atoms with E-state index in [4.69, 9.17) is 17.0 Å². The van der Waals surface area contributed by atoms with Crippen LogP contribution in [-0.2, 0) is 11.3 Å².